The van der Waals surface area contributed by atoms with Crippen LogP contribution in [0.1, 0.15) is 78.7 Å². The number of allylic oxidation sites excluding steroid dienone is 1. The number of nitrogens with one attached hydrogen (secondary N) is 2. The molecule has 4 nitrogen and oxygen atoms in total. The zero-order valence-corrected chi connectivity index (χ0v) is 19.8. The van der Waals surface area contributed by atoms with Crippen molar-refractivity contribution >= 4 is 5.91 Å². The van der Waals surface area contributed by atoms with Crippen molar-refractivity contribution in [2.24, 2.45) is 11.8 Å². The Morgan fingerprint density at radius 3 is 2.40 bits per heavy atom. The average Bonchev–Trinajstić information content (AvgIpc) is 2.75. The minimum Gasteiger partial charge on any atom is -0.508 e. The van der Waals surface area contributed by atoms with E-state index in [1.165, 1.54) is 19.3 Å². The van der Waals surface area contributed by atoms with Crippen LogP contribution in [-0.2, 0) is 11.2 Å². The van der Waals surface area contributed by atoms with E-state index in [4.69, 9.17) is 0 Å². The lowest BCUT2D eigenvalue weighted by molar-refractivity contribution is -0.123. The lowest BCUT2D eigenvalue weighted by Crippen LogP contribution is -2.50. The van der Waals surface area contributed by atoms with Gasteiger partial charge in [-0.1, -0.05) is 84.6 Å². The van der Waals surface area contributed by atoms with Crippen molar-refractivity contribution in [2.45, 2.75) is 91.6 Å². The van der Waals surface area contributed by atoms with E-state index < -0.39 is 0 Å². The molecule has 0 aliphatic rings. The molecule has 1 unspecified atom stereocenters. The van der Waals surface area contributed by atoms with Crippen molar-refractivity contribution in [1.82, 2.24) is 10.6 Å². The van der Waals surface area contributed by atoms with Crippen molar-refractivity contribution in [3.8, 4) is 5.75 Å². The summed E-state index contributed by atoms with van der Waals surface area (Å²) in [5.74, 6) is 1.23. The number of hydrogen-bond donors (Lipinski definition) is 3. The first kappa shape index (κ1) is 26.2. The summed E-state index contributed by atoms with van der Waals surface area (Å²) in [5, 5.41) is 16.4. The first-order valence-corrected chi connectivity index (χ1v) is 11.9. The van der Waals surface area contributed by atoms with Crippen LogP contribution in [0.15, 0.2) is 36.4 Å². The minimum atomic E-state index is -0.287. The third-order valence-corrected chi connectivity index (χ3v) is 5.82. The number of phenolic OH excluding ortho intramolecular Hbond substituents is 1. The number of carbonyl (C=O) groups is 1. The van der Waals surface area contributed by atoms with Gasteiger partial charge in [-0.05, 0) is 55.3 Å². The van der Waals surface area contributed by atoms with Crippen LogP contribution in [0, 0.1) is 11.8 Å². The Labute approximate surface area is 184 Å². The van der Waals surface area contributed by atoms with Gasteiger partial charge >= 0.3 is 0 Å². The van der Waals surface area contributed by atoms with Gasteiger partial charge in [-0.3, -0.25) is 4.79 Å². The van der Waals surface area contributed by atoms with Gasteiger partial charge in [-0.15, -0.1) is 0 Å². The van der Waals surface area contributed by atoms with Crippen molar-refractivity contribution in [1.29, 1.82) is 0 Å². The number of phenols is 1. The second-order valence-electron chi connectivity index (χ2n) is 8.72. The fourth-order valence-corrected chi connectivity index (χ4v) is 3.43. The highest BCUT2D eigenvalue weighted by Gasteiger charge is 2.23. The lowest BCUT2D eigenvalue weighted by Gasteiger charge is -2.26. The summed E-state index contributed by atoms with van der Waals surface area (Å²) < 4.78 is 0. The van der Waals surface area contributed by atoms with Gasteiger partial charge in [0.15, 0.2) is 0 Å². The predicted octanol–water partition coefficient (Wildman–Crippen LogP) is 5.61. The standard InChI is InChI=1S/C26H44N2O2/c1-6-9-11-13-24(21(5)8-3)28-26(30)25(27-19-20(4)12-10-7-2)18-22-14-16-23(29)17-15-22/h11,13-17,20-21,24-25,27,29H,6-10,12,18-19H2,1-5H3,(H,28,30)/b13-11-/t20-,21?,24+,25-/m0/s1. The molecular weight excluding hydrogens is 372 g/mol. The summed E-state index contributed by atoms with van der Waals surface area (Å²) >= 11 is 0. The van der Waals surface area contributed by atoms with E-state index in [1.54, 1.807) is 12.1 Å². The lowest BCUT2D eigenvalue weighted by atomic mass is 9.97. The molecule has 0 fully saturated rings. The van der Waals surface area contributed by atoms with Crippen molar-refractivity contribution in [3.05, 3.63) is 42.0 Å². The Morgan fingerprint density at radius 1 is 1.10 bits per heavy atom. The highest BCUT2D eigenvalue weighted by molar-refractivity contribution is 5.82. The first-order valence-electron chi connectivity index (χ1n) is 11.9. The molecule has 0 aliphatic carbocycles. The summed E-state index contributed by atoms with van der Waals surface area (Å²) in [5.41, 5.74) is 1.04. The summed E-state index contributed by atoms with van der Waals surface area (Å²) in [4.78, 5) is 13.2. The van der Waals surface area contributed by atoms with E-state index in [1.807, 2.05) is 12.1 Å². The van der Waals surface area contributed by atoms with E-state index in [0.29, 0.717) is 18.3 Å². The number of rotatable bonds is 15. The summed E-state index contributed by atoms with van der Waals surface area (Å²) in [7, 11) is 0. The molecule has 1 rings (SSSR count). The van der Waals surface area contributed by atoms with Crippen molar-refractivity contribution in [3.63, 3.8) is 0 Å². The maximum absolute atomic E-state index is 13.2. The van der Waals surface area contributed by atoms with Crippen molar-refractivity contribution in [2.75, 3.05) is 6.54 Å². The van der Waals surface area contributed by atoms with E-state index in [9.17, 15) is 9.90 Å². The smallest absolute Gasteiger partial charge is 0.237 e. The largest absolute Gasteiger partial charge is 0.508 e. The van der Waals surface area contributed by atoms with Gasteiger partial charge in [-0.25, -0.2) is 0 Å². The molecule has 1 aromatic carbocycles. The third-order valence-electron chi connectivity index (χ3n) is 5.82. The van der Waals surface area contributed by atoms with E-state index in [0.717, 1.165) is 31.4 Å². The van der Waals surface area contributed by atoms with Gasteiger partial charge in [0.25, 0.3) is 0 Å². The van der Waals surface area contributed by atoms with E-state index in [2.05, 4.69) is 57.4 Å². The Balaban J connectivity index is 2.87. The highest BCUT2D eigenvalue weighted by Crippen LogP contribution is 2.14. The molecule has 0 spiro atoms. The maximum Gasteiger partial charge on any atom is 0.237 e. The zero-order valence-electron chi connectivity index (χ0n) is 19.8. The molecule has 0 aliphatic heterocycles. The molecule has 0 saturated carbocycles. The highest BCUT2D eigenvalue weighted by atomic mass is 16.3. The van der Waals surface area contributed by atoms with Crippen LogP contribution in [-0.4, -0.2) is 29.6 Å². The van der Waals surface area contributed by atoms with Gasteiger partial charge < -0.3 is 15.7 Å². The van der Waals surface area contributed by atoms with E-state index >= 15 is 0 Å². The van der Waals surface area contributed by atoms with Crippen molar-refractivity contribution < 1.29 is 9.90 Å². The topological polar surface area (TPSA) is 61.4 Å². The Morgan fingerprint density at radius 2 is 1.80 bits per heavy atom. The van der Waals surface area contributed by atoms with Gasteiger partial charge in [0.05, 0.1) is 6.04 Å². The molecule has 0 bridgehead atoms. The Hall–Kier alpha value is -1.81. The zero-order chi connectivity index (χ0) is 22.4. The molecule has 4 atom stereocenters. The molecule has 30 heavy (non-hydrogen) atoms. The first-order chi connectivity index (χ1) is 14.4. The van der Waals surface area contributed by atoms with Crippen LogP contribution >= 0.6 is 0 Å². The monoisotopic (exact) mass is 416 g/mol. The summed E-state index contributed by atoms with van der Waals surface area (Å²) in [6, 6.07) is 6.92. The van der Waals surface area contributed by atoms with Crippen LogP contribution in [0.5, 0.6) is 5.75 Å². The Bertz CT molecular complexity index is 612. The number of amides is 1. The quantitative estimate of drug-likeness (QED) is 0.326. The van der Waals surface area contributed by atoms with Crippen LogP contribution in [0.2, 0.25) is 0 Å². The molecule has 1 aromatic rings. The number of aromatic hydroxyl groups is 1. The number of carbonyl (C=O) groups excluding carboxylic acids is 1. The SMILES string of the molecule is CCC/C=C\[C@@H](NC(=O)[C@H](Cc1ccc(O)cc1)NC[C@@H](C)CCCC)C(C)CC. The van der Waals surface area contributed by atoms with Gasteiger partial charge in [-0.2, -0.15) is 0 Å². The maximum atomic E-state index is 13.2. The molecule has 170 valence electrons. The molecule has 1 amide bonds. The molecule has 0 radical (unpaired) electrons. The van der Waals surface area contributed by atoms with Crippen LogP contribution in [0.3, 0.4) is 0 Å². The number of benzene rings is 1. The van der Waals surface area contributed by atoms with Crippen LogP contribution in [0.4, 0.5) is 0 Å². The number of hydrogen-bond acceptors (Lipinski definition) is 3. The molecule has 0 aromatic heterocycles. The van der Waals surface area contributed by atoms with Crippen LogP contribution in [0.25, 0.3) is 0 Å². The normalized spacial score (nSPS) is 15.6. The predicted molar refractivity (Wildman–Crippen MR) is 128 cm³/mol. The third kappa shape index (κ3) is 10.3. The molecule has 3 N–H and O–H groups in total. The molecule has 4 heteroatoms. The molecule has 0 saturated heterocycles. The van der Waals surface area contributed by atoms with Gasteiger partial charge in [0.1, 0.15) is 5.75 Å². The molecular formula is C26H44N2O2. The molecule has 0 heterocycles. The Kier molecular flexibility index (Phi) is 13.2. The summed E-state index contributed by atoms with van der Waals surface area (Å²) in [6.45, 7) is 11.8. The average molecular weight is 417 g/mol. The fourth-order valence-electron chi connectivity index (χ4n) is 3.43. The van der Waals surface area contributed by atoms with Gasteiger partial charge in [0, 0.05) is 6.04 Å². The van der Waals surface area contributed by atoms with E-state index in [-0.39, 0.29) is 23.7 Å². The summed E-state index contributed by atoms with van der Waals surface area (Å²) in [6.07, 6.45) is 11.7. The fraction of sp³-hybridized carbons (Fsp3) is 0.654. The second-order valence-corrected chi connectivity index (χ2v) is 8.72. The minimum absolute atomic E-state index is 0.0516. The van der Waals surface area contributed by atoms with Crippen LogP contribution < -0.4 is 10.6 Å². The van der Waals surface area contributed by atoms with Gasteiger partial charge in [0.2, 0.25) is 5.91 Å². The second kappa shape index (κ2) is 15.1. The number of unbranched alkanes of at least 4 members (excludes halogenated alkanes) is 2.